The summed E-state index contributed by atoms with van der Waals surface area (Å²) in [6, 6.07) is 5.75. The maximum atomic E-state index is 13.7. The van der Waals surface area contributed by atoms with Gasteiger partial charge < -0.3 is 24.7 Å². The number of nitrogens with two attached hydrogens (primary N) is 1. The molecule has 0 saturated heterocycles. The molecule has 0 radical (unpaired) electrons. The number of hydrogen-bond donors (Lipinski definition) is 2. The summed E-state index contributed by atoms with van der Waals surface area (Å²) in [6.07, 6.45) is 3.12. The summed E-state index contributed by atoms with van der Waals surface area (Å²) in [4.78, 5) is 24.4. The minimum atomic E-state index is -3.97. The molecule has 3 aromatic rings. The number of aromatic nitrogens is 4. The Balaban J connectivity index is 1.45. The number of nitrogens with zero attached hydrogens (tertiary/aromatic N) is 5. The number of rotatable bonds is 11. The Labute approximate surface area is 216 Å². The third kappa shape index (κ3) is 5.49. The number of carboxylic acid groups (broad SMARTS) is 1. The molecule has 1 aromatic carbocycles. The normalized spacial score (nSPS) is 20.0. The van der Waals surface area contributed by atoms with E-state index in [0.717, 1.165) is 22.0 Å². The number of aliphatic carboxylic acids is 1. The minimum absolute atomic E-state index is 0.0772. The number of benzene rings is 1. The van der Waals surface area contributed by atoms with Gasteiger partial charge in [0.25, 0.3) is 0 Å². The first-order chi connectivity index (χ1) is 17.1. The Morgan fingerprint density at radius 3 is 2.67 bits per heavy atom. The van der Waals surface area contributed by atoms with Crippen LogP contribution in [0.4, 0.5) is 5.95 Å². The van der Waals surface area contributed by atoms with Crippen LogP contribution in [0, 0.1) is 5.92 Å². The second kappa shape index (κ2) is 10.7. The molecule has 12 nitrogen and oxygen atoms in total. The number of carbonyl (C=O) groups is 1. The van der Waals surface area contributed by atoms with E-state index >= 15 is 0 Å². The van der Waals surface area contributed by atoms with E-state index in [9.17, 15) is 14.5 Å². The zero-order valence-electron chi connectivity index (χ0n) is 20.1. The van der Waals surface area contributed by atoms with Gasteiger partial charge in [-0.1, -0.05) is 15.9 Å². The van der Waals surface area contributed by atoms with E-state index < -0.39 is 19.8 Å². The van der Waals surface area contributed by atoms with Gasteiger partial charge in [0.1, 0.15) is 11.8 Å². The fraction of sp³-hybridized carbons (Fsp3) is 0.455. The number of fused-ring (bicyclic) bond motifs is 1. The topological polar surface area (TPSA) is 155 Å². The number of likely N-dealkylation sites (N-methyl/N-ethyl adjacent to an activating group) is 1. The Morgan fingerprint density at radius 2 is 2.03 bits per heavy atom. The van der Waals surface area contributed by atoms with Gasteiger partial charge in [-0.25, -0.2) is 9.55 Å². The molecule has 14 heteroatoms. The molecular weight excluding hydrogens is 555 g/mol. The predicted molar refractivity (Wildman–Crippen MR) is 136 cm³/mol. The lowest BCUT2D eigenvalue weighted by Crippen LogP contribution is -2.36. The van der Waals surface area contributed by atoms with E-state index in [0.29, 0.717) is 29.4 Å². The van der Waals surface area contributed by atoms with Crippen molar-refractivity contribution >= 4 is 46.8 Å². The Kier molecular flexibility index (Phi) is 7.84. The smallest absolute Gasteiger partial charge is 0.461 e. The van der Waals surface area contributed by atoms with Crippen LogP contribution in [0.25, 0.3) is 11.2 Å². The highest BCUT2D eigenvalue weighted by molar-refractivity contribution is 9.10. The molecule has 0 bridgehead atoms. The second-order valence-corrected chi connectivity index (χ2v) is 11.5. The molecule has 194 valence electrons. The molecule has 0 amide bonds. The zero-order valence-corrected chi connectivity index (χ0v) is 22.6. The highest BCUT2D eigenvalue weighted by atomic mass is 79.9. The lowest BCUT2D eigenvalue weighted by atomic mass is 9.81. The second-order valence-electron chi connectivity index (χ2n) is 8.53. The number of halogens is 1. The van der Waals surface area contributed by atoms with Crippen LogP contribution >= 0.6 is 23.7 Å². The first-order valence-corrected chi connectivity index (χ1v) is 13.7. The van der Waals surface area contributed by atoms with Gasteiger partial charge in [0.05, 0.1) is 19.5 Å². The highest BCUT2D eigenvalue weighted by Gasteiger charge is 2.41. The van der Waals surface area contributed by atoms with Crippen molar-refractivity contribution in [1.29, 1.82) is 0 Å². The molecule has 36 heavy (non-hydrogen) atoms. The SMILES string of the molecule is CCOc1nc(N)nc2c1ncn2[C@H]1C[C@@H](COP(=O)(Oc2ccc(Br)cc2)N(C)C(C)C(=O)O)C1. The monoisotopic (exact) mass is 582 g/mol. The summed E-state index contributed by atoms with van der Waals surface area (Å²) in [6.45, 7) is 3.84. The minimum Gasteiger partial charge on any atom is -0.480 e. The third-order valence-electron chi connectivity index (χ3n) is 6.10. The van der Waals surface area contributed by atoms with Gasteiger partial charge in [0, 0.05) is 10.5 Å². The molecular formula is C22H28BrN6O6P. The first kappa shape index (κ1) is 26.3. The maximum absolute atomic E-state index is 13.7. The van der Waals surface area contributed by atoms with Crippen LogP contribution in [0.3, 0.4) is 0 Å². The number of ether oxygens (including phenoxy) is 1. The van der Waals surface area contributed by atoms with Gasteiger partial charge in [0.2, 0.25) is 11.8 Å². The van der Waals surface area contributed by atoms with Crippen LogP contribution in [0.5, 0.6) is 11.6 Å². The fourth-order valence-corrected chi connectivity index (χ4v) is 5.80. The van der Waals surface area contributed by atoms with E-state index in [1.54, 1.807) is 30.6 Å². The quantitative estimate of drug-likeness (QED) is 0.313. The van der Waals surface area contributed by atoms with E-state index in [2.05, 4.69) is 30.9 Å². The summed E-state index contributed by atoms with van der Waals surface area (Å²) < 4.78 is 34.7. The molecule has 0 spiro atoms. The van der Waals surface area contributed by atoms with Crippen LogP contribution in [0.2, 0.25) is 0 Å². The predicted octanol–water partition coefficient (Wildman–Crippen LogP) is 4.13. The molecule has 1 aliphatic carbocycles. The van der Waals surface area contributed by atoms with Crippen LogP contribution in [0.15, 0.2) is 35.1 Å². The maximum Gasteiger partial charge on any atom is 0.461 e. The molecule has 2 heterocycles. The van der Waals surface area contributed by atoms with Crippen molar-refractivity contribution in [3.8, 4) is 11.6 Å². The fourth-order valence-electron chi connectivity index (χ4n) is 3.86. The molecule has 1 saturated carbocycles. The highest BCUT2D eigenvalue weighted by Crippen LogP contribution is 2.54. The van der Waals surface area contributed by atoms with E-state index in [1.807, 2.05) is 11.5 Å². The van der Waals surface area contributed by atoms with Gasteiger partial charge in [-0.3, -0.25) is 9.32 Å². The average molecular weight is 583 g/mol. The number of nitrogen functional groups attached to an aromatic ring is 1. The Bertz CT molecular complexity index is 1280. The number of imidazole rings is 1. The van der Waals surface area contributed by atoms with Crippen molar-refractivity contribution in [3.63, 3.8) is 0 Å². The van der Waals surface area contributed by atoms with Crippen LogP contribution in [0.1, 0.15) is 32.7 Å². The van der Waals surface area contributed by atoms with E-state index in [4.69, 9.17) is 19.5 Å². The summed E-state index contributed by atoms with van der Waals surface area (Å²) in [5.74, 6) is -0.296. The van der Waals surface area contributed by atoms with Gasteiger partial charge in [-0.15, -0.1) is 0 Å². The van der Waals surface area contributed by atoms with Crippen LogP contribution in [-0.4, -0.2) is 61.6 Å². The average Bonchev–Trinajstić information content (AvgIpc) is 3.22. The van der Waals surface area contributed by atoms with E-state index in [-0.39, 0.29) is 24.5 Å². The number of carboxylic acids is 1. The Morgan fingerprint density at radius 1 is 1.33 bits per heavy atom. The first-order valence-electron chi connectivity index (χ1n) is 11.4. The largest absolute Gasteiger partial charge is 0.480 e. The lowest BCUT2D eigenvalue weighted by Gasteiger charge is -2.37. The van der Waals surface area contributed by atoms with Crippen molar-refractivity contribution in [2.75, 3.05) is 26.0 Å². The van der Waals surface area contributed by atoms with Crippen molar-refractivity contribution < 1.29 is 28.3 Å². The molecule has 4 rings (SSSR count). The molecule has 2 aromatic heterocycles. The van der Waals surface area contributed by atoms with Crippen molar-refractivity contribution in [2.24, 2.45) is 5.92 Å². The van der Waals surface area contributed by atoms with Gasteiger partial charge in [0.15, 0.2) is 11.2 Å². The van der Waals surface area contributed by atoms with Gasteiger partial charge in [-0.2, -0.15) is 14.6 Å². The number of hydrogen-bond acceptors (Lipinski definition) is 9. The van der Waals surface area contributed by atoms with Crippen molar-refractivity contribution in [1.82, 2.24) is 24.2 Å². The van der Waals surface area contributed by atoms with Gasteiger partial charge in [-0.05, 0) is 63.9 Å². The third-order valence-corrected chi connectivity index (χ3v) is 8.67. The van der Waals surface area contributed by atoms with Crippen LogP contribution < -0.4 is 15.0 Å². The van der Waals surface area contributed by atoms with E-state index in [1.165, 1.54) is 14.0 Å². The summed E-state index contributed by atoms with van der Waals surface area (Å²) in [5.41, 5.74) is 6.99. The van der Waals surface area contributed by atoms with Crippen molar-refractivity contribution in [3.05, 3.63) is 35.1 Å². The molecule has 1 fully saturated rings. The molecule has 2 unspecified atom stereocenters. The molecule has 2 atom stereocenters. The number of anilines is 1. The van der Waals surface area contributed by atoms with Gasteiger partial charge >= 0.3 is 13.7 Å². The summed E-state index contributed by atoms with van der Waals surface area (Å²) in [5, 5.41) is 9.44. The molecule has 3 N–H and O–H groups in total. The summed E-state index contributed by atoms with van der Waals surface area (Å²) >= 11 is 3.34. The zero-order chi connectivity index (χ0) is 26.0. The van der Waals surface area contributed by atoms with Crippen LogP contribution in [-0.2, 0) is 13.9 Å². The lowest BCUT2D eigenvalue weighted by molar-refractivity contribution is -0.140. The summed E-state index contributed by atoms with van der Waals surface area (Å²) in [7, 11) is -2.55. The Hall–Kier alpha value is -2.73. The van der Waals surface area contributed by atoms with Crippen molar-refractivity contribution in [2.45, 2.75) is 38.8 Å². The molecule has 0 aliphatic heterocycles. The molecule has 1 aliphatic rings. The standard InChI is InChI=1S/C22H28BrN6O6P/c1-4-33-20-18-19(26-22(24)27-20)29(12-25-18)16-9-14(10-16)11-34-36(32,28(3)13(2)21(30)31)35-17-7-5-15(23)6-8-17/h5-8,12-14,16H,4,9-11H2,1-3H3,(H,30,31)(H2,24,26,27)/t13?,14-,16+,36?.